The largest absolute Gasteiger partial charge is 0.496 e. The first-order valence-electron chi connectivity index (χ1n) is 8.07. The topological polar surface area (TPSA) is 83.7 Å². The zero-order valence-electron chi connectivity index (χ0n) is 14.5. The van der Waals surface area contributed by atoms with Crippen molar-refractivity contribution in [2.75, 3.05) is 13.7 Å². The fraction of sp³-hybridized carbons (Fsp3) is 0.211. The summed E-state index contributed by atoms with van der Waals surface area (Å²) in [5.41, 5.74) is 1.04. The predicted molar refractivity (Wildman–Crippen MR) is 93.0 cm³/mol. The Bertz CT molecular complexity index is 891. The lowest BCUT2D eigenvalue weighted by Crippen LogP contribution is -2.08. The lowest BCUT2D eigenvalue weighted by Gasteiger charge is -2.08. The molecule has 0 saturated carbocycles. The Morgan fingerprint density at radius 2 is 1.81 bits per heavy atom. The Labute approximate surface area is 150 Å². The second-order valence-corrected chi connectivity index (χ2v) is 5.22. The van der Waals surface area contributed by atoms with Crippen molar-refractivity contribution in [1.82, 2.24) is 10.1 Å². The van der Waals surface area contributed by atoms with E-state index in [-0.39, 0.29) is 12.5 Å². The number of carbonyl (C=O) groups excluding carboxylic acids is 1. The summed E-state index contributed by atoms with van der Waals surface area (Å²) in [5.74, 6) is 1.13. The van der Waals surface area contributed by atoms with Crippen LogP contribution in [0.3, 0.4) is 0 Å². The molecule has 0 amide bonds. The van der Waals surface area contributed by atoms with Crippen molar-refractivity contribution in [3.63, 3.8) is 0 Å². The van der Waals surface area contributed by atoms with E-state index in [0.29, 0.717) is 35.1 Å². The van der Waals surface area contributed by atoms with Crippen LogP contribution in [-0.2, 0) is 11.3 Å². The summed E-state index contributed by atoms with van der Waals surface area (Å²) in [5, 5.41) is 3.91. The molecule has 0 unspecified atom stereocenters. The average Bonchev–Trinajstić information content (AvgIpc) is 3.15. The minimum absolute atomic E-state index is 0.137. The minimum Gasteiger partial charge on any atom is -0.496 e. The molecule has 3 aromatic rings. The van der Waals surface area contributed by atoms with E-state index in [2.05, 4.69) is 10.1 Å². The van der Waals surface area contributed by atoms with Crippen molar-refractivity contribution < 1.29 is 23.5 Å². The van der Waals surface area contributed by atoms with Crippen molar-refractivity contribution in [2.45, 2.75) is 13.5 Å². The molecule has 7 nitrogen and oxygen atoms in total. The van der Waals surface area contributed by atoms with Crippen LogP contribution in [0.2, 0.25) is 0 Å². The van der Waals surface area contributed by atoms with Gasteiger partial charge in [0.15, 0.2) is 6.61 Å². The van der Waals surface area contributed by atoms with Crippen molar-refractivity contribution in [1.29, 1.82) is 0 Å². The SMILES string of the molecule is CCOc1ccccc1C(=O)OCc1nc(-c2ccccc2OC)no1. The first-order chi connectivity index (χ1) is 12.7. The smallest absolute Gasteiger partial charge is 0.342 e. The van der Waals surface area contributed by atoms with Crippen LogP contribution < -0.4 is 9.47 Å². The third kappa shape index (κ3) is 3.83. The minimum atomic E-state index is -0.522. The summed E-state index contributed by atoms with van der Waals surface area (Å²) in [6.07, 6.45) is 0. The van der Waals surface area contributed by atoms with Crippen molar-refractivity contribution in [2.24, 2.45) is 0 Å². The number of para-hydroxylation sites is 2. The highest BCUT2D eigenvalue weighted by Gasteiger charge is 2.17. The molecule has 2 aromatic carbocycles. The number of hydrogen-bond donors (Lipinski definition) is 0. The number of ether oxygens (including phenoxy) is 3. The molecule has 0 spiro atoms. The number of rotatable bonds is 7. The van der Waals surface area contributed by atoms with E-state index in [1.807, 2.05) is 25.1 Å². The van der Waals surface area contributed by atoms with E-state index in [0.717, 1.165) is 0 Å². The van der Waals surface area contributed by atoms with E-state index in [4.69, 9.17) is 18.7 Å². The summed E-state index contributed by atoms with van der Waals surface area (Å²) in [4.78, 5) is 16.5. The van der Waals surface area contributed by atoms with Gasteiger partial charge >= 0.3 is 5.97 Å². The molecule has 0 saturated heterocycles. The second-order valence-electron chi connectivity index (χ2n) is 5.22. The summed E-state index contributed by atoms with van der Waals surface area (Å²) in [6.45, 7) is 2.16. The van der Waals surface area contributed by atoms with E-state index in [1.54, 1.807) is 37.4 Å². The highest BCUT2D eigenvalue weighted by atomic mass is 16.6. The molecule has 0 bridgehead atoms. The van der Waals surface area contributed by atoms with Gasteiger partial charge in [0.1, 0.15) is 17.1 Å². The van der Waals surface area contributed by atoms with Gasteiger partial charge in [-0.2, -0.15) is 4.98 Å². The number of nitrogens with zero attached hydrogens (tertiary/aromatic N) is 2. The summed E-state index contributed by atoms with van der Waals surface area (Å²) in [7, 11) is 1.57. The standard InChI is InChI=1S/C19H18N2O5/c1-3-24-16-11-7-5-9-14(16)19(22)25-12-17-20-18(21-26-17)13-8-4-6-10-15(13)23-2/h4-11H,3,12H2,1-2H3. The fourth-order valence-electron chi connectivity index (χ4n) is 2.37. The van der Waals surface area contributed by atoms with Gasteiger partial charge in [0.05, 0.1) is 19.3 Å². The van der Waals surface area contributed by atoms with Crippen LogP contribution in [0.25, 0.3) is 11.4 Å². The molecule has 3 rings (SSSR count). The number of carbonyl (C=O) groups is 1. The monoisotopic (exact) mass is 354 g/mol. The Kier molecular flexibility index (Phi) is 5.48. The summed E-state index contributed by atoms with van der Waals surface area (Å²) in [6, 6.07) is 14.2. The van der Waals surface area contributed by atoms with Gasteiger partial charge in [0.25, 0.3) is 5.89 Å². The molecule has 134 valence electrons. The lowest BCUT2D eigenvalue weighted by molar-refractivity contribution is 0.0425. The molecular formula is C19H18N2O5. The Hall–Kier alpha value is -3.35. The Morgan fingerprint density at radius 3 is 2.58 bits per heavy atom. The van der Waals surface area contributed by atoms with E-state index in [1.165, 1.54) is 0 Å². The fourth-order valence-corrected chi connectivity index (χ4v) is 2.37. The van der Waals surface area contributed by atoms with E-state index < -0.39 is 5.97 Å². The third-order valence-electron chi connectivity index (χ3n) is 3.55. The van der Waals surface area contributed by atoms with Gasteiger partial charge in [-0.1, -0.05) is 29.4 Å². The van der Waals surface area contributed by atoms with E-state index in [9.17, 15) is 4.79 Å². The predicted octanol–water partition coefficient (Wildman–Crippen LogP) is 3.50. The molecule has 0 aliphatic rings. The maximum atomic E-state index is 12.3. The first kappa shape index (κ1) is 17.5. The Balaban J connectivity index is 1.70. The van der Waals surface area contributed by atoms with Crippen molar-refractivity contribution in [3.8, 4) is 22.9 Å². The van der Waals surface area contributed by atoms with Gasteiger partial charge < -0.3 is 18.7 Å². The van der Waals surface area contributed by atoms with Gasteiger partial charge in [-0.25, -0.2) is 4.79 Å². The zero-order valence-corrected chi connectivity index (χ0v) is 14.5. The summed E-state index contributed by atoms with van der Waals surface area (Å²) >= 11 is 0. The van der Waals surface area contributed by atoms with Gasteiger partial charge in [-0.05, 0) is 31.2 Å². The molecule has 0 radical (unpaired) electrons. The number of methoxy groups -OCH3 is 1. The van der Waals surface area contributed by atoms with Crippen LogP contribution in [0.15, 0.2) is 53.1 Å². The van der Waals surface area contributed by atoms with Gasteiger partial charge in [-0.15, -0.1) is 0 Å². The van der Waals surface area contributed by atoms with Crippen LogP contribution >= 0.6 is 0 Å². The molecule has 1 heterocycles. The first-order valence-corrected chi connectivity index (χ1v) is 8.07. The number of aromatic nitrogens is 2. The molecule has 26 heavy (non-hydrogen) atoms. The Morgan fingerprint density at radius 1 is 1.08 bits per heavy atom. The number of hydrogen-bond acceptors (Lipinski definition) is 7. The normalized spacial score (nSPS) is 10.4. The van der Waals surface area contributed by atoms with Crippen LogP contribution in [0.5, 0.6) is 11.5 Å². The van der Waals surface area contributed by atoms with Gasteiger partial charge in [0.2, 0.25) is 5.82 Å². The zero-order chi connectivity index (χ0) is 18.4. The second kappa shape index (κ2) is 8.15. The van der Waals surface area contributed by atoms with Crippen LogP contribution in [0.1, 0.15) is 23.2 Å². The molecular weight excluding hydrogens is 336 g/mol. The molecule has 1 aromatic heterocycles. The molecule has 0 aliphatic carbocycles. The highest BCUT2D eigenvalue weighted by Crippen LogP contribution is 2.27. The van der Waals surface area contributed by atoms with Crippen molar-refractivity contribution in [3.05, 3.63) is 60.0 Å². The van der Waals surface area contributed by atoms with Gasteiger partial charge in [-0.3, -0.25) is 0 Å². The quantitative estimate of drug-likeness (QED) is 0.600. The van der Waals surface area contributed by atoms with Crippen molar-refractivity contribution >= 4 is 5.97 Å². The summed E-state index contributed by atoms with van der Waals surface area (Å²) < 4.78 is 21.1. The number of benzene rings is 2. The molecule has 0 atom stereocenters. The molecule has 0 aliphatic heterocycles. The number of esters is 1. The maximum absolute atomic E-state index is 12.3. The molecule has 7 heteroatoms. The van der Waals surface area contributed by atoms with Gasteiger partial charge in [0, 0.05) is 0 Å². The third-order valence-corrected chi connectivity index (χ3v) is 3.55. The van der Waals surface area contributed by atoms with Crippen LogP contribution in [0, 0.1) is 0 Å². The van der Waals surface area contributed by atoms with Crippen LogP contribution in [0.4, 0.5) is 0 Å². The van der Waals surface area contributed by atoms with Crippen LogP contribution in [-0.4, -0.2) is 29.8 Å². The van der Waals surface area contributed by atoms with E-state index >= 15 is 0 Å². The maximum Gasteiger partial charge on any atom is 0.342 e. The highest BCUT2D eigenvalue weighted by molar-refractivity contribution is 5.92. The molecule has 0 N–H and O–H groups in total. The average molecular weight is 354 g/mol. The molecule has 0 fully saturated rings. The lowest BCUT2D eigenvalue weighted by atomic mass is 10.2.